The maximum absolute atomic E-state index is 12.5. The standard InChI is InChI=1S/C15H18BrClN2O/c16-12-7-11(8-13(17)9-12)15(20)19-6-3-14(10-19)18-4-1-2-5-18/h7-9,14H,1-6,10H2. The van der Waals surface area contributed by atoms with Gasteiger partial charge in [-0.2, -0.15) is 0 Å². The summed E-state index contributed by atoms with van der Waals surface area (Å²) in [6, 6.07) is 5.94. The van der Waals surface area contributed by atoms with E-state index in [2.05, 4.69) is 20.8 Å². The lowest BCUT2D eigenvalue weighted by Gasteiger charge is -2.23. The first-order chi connectivity index (χ1) is 9.63. The molecule has 20 heavy (non-hydrogen) atoms. The van der Waals surface area contributed by atoms with Crippen molar-refractivity contribution in [3.63, 3.8) is 0 Å². The minimum atomic E-state index is 0.0925. The van der Waals surface area contributed by atoms with Crippen LogP contribution in [0.4, 0.5) is 0 Å². The molecule has 1 atom stereocenters. The van der Waals surface area contributed by atoms with E-state index in [9.17, 15) is 4.79 Å². The first-order valence-corrected chi connectivity index (χ1v) is 8.30. The van der Waals surface area contributed by atoms with Crippen molar-refractivity contribution in [3.05, 3.63) is 33.3 Å². The summed E-state index contributed by atoms with van der Waals surface area (Å²) in [6.07, 6.45) is 3.69. The molecule has 1 amide bonds. The maximum Gasteiger partial charge on any atom is 0.253 e. The zero-order chi connectivity index (χ0) is 14.1. The van der Waals surface area contributed by atoms with Crippen molar-refractivity contribution in [2.75, 3.05) is 26.2 Å². The number of halogens is 2. The zero-order valence-corrected chi connectivity index (χ0v) is 13.7. The van der Waals surface area contributed by atoms with Gasteiger partial charge in [0.1, 0.15) is 0 Å². The van der Waals surface area contributed by atoms with E-state index in [1.165, 1.54) is 25.9 Å². The summed E-state index contributed by atoms with van der Waals surface area (Å²) in [5.41, 5.74) is 0.673. The second-order valence-electron chi connectivity index (χ2n) is 5.59. The van der Waals surface area contributed by atoms with Gasteiger partial charge in [0.15, 0.2) is 0 Å². The molecule has 2 heterocycles. The highest BCUT2D eigenvalue weighted by Gasteiger charge is 2.31. The molecule has 0 N–H and O–H groups in total. The minimum Gasteiger partial charge on any atom is -0.337 e. The Labute approximate surface area is 133 Å². The molecule has 3 nitrogen and oxygen atoms in total. The van der Waals surface area contributed by atoms with Gasteiger partial charge in [-0.3, -0.25) is 9.69 Å². The molecule has 2 fully saturated rings. The highest BCUT2D eigenvalue weighted by Crippen LogP contribution is 2.24. The van der Waals surface area contributed by atoms with Gasteiger partial charge in [-0.05, 0) is 50.6 Å². The summed E-state index contributed by atoms with van der Waals surface area (Å²) in [7, 11) is 0. The van der Waals surface area contributed by atoms with Crippen LogP contribution in [0.5, 0.6) is 0 Å². The SMILES string of the molecule is O=C(c1cc(Cl)cc(Br)c1)N1CCC(N2CCCC2)C1. The predicted octanol–water partition coefficient (Wildman–Crippen LogP) is 3.41. The van der Waals surface area contributed by atoms with Crippen LogP contribution < -0.4 is 0 Å². The topological polar surface area (TPSA) is 23.6 Å². The number of nitrogens with zero attached hydrogens (tertiary/aromatic N) is 2. The number of carbonyl (C=O) groups is 1. The molecule has 0 aromatic heterocycles. The number of amides is 1. The minimum absolute atomic E-state index is 0.0925. The van der Waals surface area contributed by atoms with Gasteiger partial charge in [0.2, 0.25) is 0 Å². The first-order valence-electron chi connectivity index (χ1n) is 7.13. The highest BCUT2D eigenvalue weighted by molar-refractivity contribution is 9.10. The van der Waals surface area contributed by atoms with Crippen molar-refractivity contribution in [1.29, 1.82) is 0 Å². The molecule has 0 radical (unpaired) electrons. The lowest BCUT2D eigenvalue weighted by atomic mass is 10.2. The lowest BCUT2D eigenvalue weighted by Crippen LogP contribution is -2.37. The third-order valence-corrected chi connectivity index (χ3v) is 4.89. The molecule has 0 bridgehead atoms. The first kappa shape index (κ1) is 14.4. The number of rotatable bonds is 2. The fourth-order valence-electron chi connectivity index (χ4n) is 3.19. The molecule has 5 heteroatoms. The molecule has 0 spiro atoms. The third-order valence-electron chi connectivity index (χ3n) is 4.22. The number of hydrogen-bond acceptors (Lipinski definition) is 2. The molecule has 1 aromatic rings. The predicted molar refractivity (Wildman–Crippen MR) is 84.3 cm³/mol. The summed E-state index contributed by atoms with van der Waals surface area (Å²) in [6.45, 7) is 4.08. The van der Waals surface area contributed by atoms with Crippen LogP contribution in [0.3, 0.4) is 0 Å². The van der Waals surface area contributed by atoms with Gasteiger partial charge < -0.3 is 4.90 Å². The third kappa shape index (κ3) is 3.02. The highest BCUT2D eigenvalue weighted by atomic mass is 79.9. The number of hydrogen-bond donors (Lipinski definition) is 0. The van der Waals surface area contributed by atoms with Gasteiger partial charge in [-0.25, -0.2) is 0 Å². The summed E-state index contributed by atoms with van der Waals surface area (Å²) >= 11 is 9.42. The molecular weight excluding hydrogens is 340 g/mol. The quantitative estimate of drug-likeness (QED) is 0.810. The Morgan fingerprint density at radius 2 is 1.95 bits per heavy atom. The van der Waals surface area contributed by atoms with Crippen molar-refractivity contribution < 1.29 is 4.79 Å². The second kappa shape index (κ2) is 6.04. The Kier molecular flexibility index (Phi) is 4.34. The summed E-state index contributed by atoms with van der Waals surface area (Å²) in [5, 5.41) is 0.595. The van der Waals surface area contributed by atoms with Gasteiger partial charge >= 0.3 is 0 Å². The van der Waals surface area contributed by atoms with Crippen molar-refractivity contribution >= 4 is 33.4 Å². The Hall–Kier alpha value is -0.580. The van der Waals surface area contributed by atoms with Crippen LogP contribution in [0.1, 0.15) is 29.6 Å². The second-order valence-corrected chi connectivity index (χ2v) is 6.95. The van der Waals surface area contributed by atoms with Crippen LogP contribution in [0.25, 0.3) is 0 Å². The van der Waals surface area contributed by atoms with E-state index in [1.54, 1.807) is 12.1 Å². The number of benzene rings is 1. The molecule has 3 rings (SSSR count). The summed E-state index contributed by atoms with van der Waals surface area (Å²) < 4.78 is 0.851. The maximum atomic E-state index is 12.5. The Morgan fingerprint density at radius 3 is 2.65 bits per heavy atom. The molecule has 2 saturated heterocycles. The Bertz CT molecular complexity index is 496. The zero-order valence-electron chi connectivity index (χ0n) is 11.3. The molecule has 2 aliphatic heterocycles. The van der Waals surface area contributed by atoms with Crippen LogP contribution in [0, 0.1) is 0 Å². The monoisotopic (exact) mass is 356 g/mol. The van der Waals surface area contributed by atoms with Crippen molar-refractivity contribution in [3.8, 4) is 0 Å². The van der Waals surface area contributed by atoms with Gasteiger partial charge in [0, 0.05) is 34.2 Å². The van der Waals surface area contributed by atoms with E-state index in [4.69, 9.17) is 11.6 Å². The summed E-state index contributed by atoms with van der Waals surface area (Å²) in [4.78, 5) is 17.0. The Balaban J connectivity index is 1.68. The molecule has 1 unspecified atom stereocenters. The molecular formula is C15H18BrClN2O. The van der Waals surface area contributed by atoms with Gasteiger partial charge in [0.05, 0.1) is 0 Å². The van der Waals surface area contributed by atoms with Crippen LogP contribution >= 0.6 is 27.5 Å². The largest absolute Gasteiger partial charge is 0.337 e. The van der Waals surface area contributed by atoms with E-state index < -0.39 is 0 Å². The lowest BCUT2D eigenvalue weighted by molar-refractivity contribution is 0.0780. The van der Waals surface area contributed by atoms with E-state index in [1.807, 2.05) is 11.0 Å². The average Bonchev–Trinajstić information content (AvgIpc) is 3.07. The fourth-order valence-corrected chi connectivity index (χ4v) is 4.05. The summed E-state index contributed by atoms with van der Waals surface area (Å²) in [5.74, 6) is 0.0925. The number of carbonyl (C=O) groups excluding carboxylic acids is 1. The van der Waals surface area contributed by atoms with Crippen LogP contribution in [-0.4, -0.2) is 47.9 Å². The molecule has 108 valence electrons. The molecule has 1 aromatic carbocycles. The molecule has 0 saturated carbocycles. The smallest absolute Gasteiger partial charge is 0.253 e. The van der Waals surface area contributed by atoms with E-state index in [0.29, 0.717) is 16.6 Å². The van der Waals surface area contributed by atoms with Crippen molar-refractivity contribution in [1.82, 2.24) is 9.80 Å². The van der Waals surface area contributed by atoms with Gasteiger partial charge in [-0.1, -0.05) is 27.5 Å². The van der Waals surface area contributed by atoms with Gasteiger partial charge in [-0.15, -0.1) is 0 Å². The van der Waals surface area contributed by atoms with Crippen LogP contribution in [0.2, 0.25) is 5.02 Å². The van der Waals surface area contributed by atoms with E-state index in [-0.39, 0.29) is 5.91 Å². The van der Waals surface area contributed by atoms with Crippen molar-refractivity contribution in [2.24, 2.45) is 0 Å². The fraction of sp³-hybridized carbons (Fsp3) is 0.533. The van der Waals surface area contributed by atoms with Gasteiger partial charge in [0.25, 0.3) is 5.91 Å². The van der Waals surface area contributed by atoms with Crippen LogP contribution in [-0.2, 0) is 0 Å². The Morgan fingerprint density at radius 1 is 1.20 bits per heavy atom. The van der Waals surface area contributed by atoms with E-state index in [0.717, 1.165) is 24.0 Å². The van der Waals surface area contributed by atoms with Crippen LogP contribution in [0.15, 0.2) is 22.7 Å². The number of likely N-dealkylation sites (tertiary alicyclic amines) is 2. The molecule has 0 aliphatic carbocycles. The van der Waals surface area contributed by atoms with E-state index >= 15 is 0 Å². The molecule has 2 aliphatic rings. The average molecular weight is 358 g/mol. The normalized spacial score (nSPS) is 23.5. The van der Waals surface area contributed by atoms with Crippen molar-refractivity contribution in [2.45, 2.75) is 25.3 Å².